The van der Waals surface area contributed by atoms with Gasteiger partial charge in [0.15, 0.2) is 0 Å². The maximum Gasteiger partial charge on any atom is 0.416 e. The van der Waals surface area contributed by atoms with Crippen LogP contribution in [0.2, 0.25) is 0 Å². The zero-order valence-corrected chi connectivity index (χ0v) is 16.1. The third-order valence-electron chi connectivity index (χ3n) is 4.99. The van der Waals surface area contributed by atoms with Crippen molar-refractivity contribution >= 4 is 11.7 Å². The zero-order chi connectivity index (χ0) is 21.3. The Labute approximate surface area is 170 Å². The summed E-state index contributed by atoms with van der Waals surface area (Å²) in [5.74, 6) is 0.734. The molecule has 30 heavy (non-hydrogen) atoms. The Bertz CT molecular complexity index is 1050. The molecule has 0 saturated carbocycles. The SMILES string of the molecule is Cc1ccc(-c2noc([C@@H]3CCCN3C(=O)Nc3cccc(C(F)(F)F)c3)n2)cc1. The molecule has 0 aliphatic carbocycles. The second kappa shape index (κ2) is 7.81. The summed E-state index contributed by atoms with van der Waals surface area (Å²) in [6.07, 6.45) is -3.12. The molecule has 0 bridgehead atoms. The largest absolute Gasteiger partial charge is 0.416 e. The lowest BCUT2D eigenvalue weighted by Crippen LogP contribution is -2.34. The van der Waals surface area contributed by atoms with Crippen molar-refractivity contribution < 1.29 is 22.5 Å². The molecular weight excluding hydrogens is 397 g/mol. The number of nitrogens with one attached hydrogen (secondary N) is 1. The molecule has 1 aliphatic rings. The molecule has 0 spiro atoms. The average Bonchev–Trinajstić information content (AvgIpc) is 3.37. The lowest BCUT2D eigenvalue weighted by atomic mass is 10.1. The Morgan fingerprint density at radius 1 is 1.20 bits per heavy atom. The molecule has 2 heterocycles. The number of carbonyl (C=O) groups is 1. The molecule has 0 radical (unpaired) electrons. The van der Waals surface area contributed by atoms with Gasteiger partial charge in [-0.3, -0.25) is 0 Å². The van der Waals surface area contributed by atoms with Gasteiger partial charge in [-0.25, -0.2) is 4.79 Å². The molecule has 9 heteroatoms. The first-order valence-electron chi connectivity index (χ1n) is 9.47. The van der Waals surface area contributed by atoms with E-state index >= 15 is 0 Å². The number of hydrogen-bond acceptors (Lipinski definition) is 4. The average molecular weight is 416 g/mol. The minimum Gasteiger partial charge on any atom is -0.337 e. The maximum absolute atomic E-state index is 12.9. The van der Waals surface area contributed by atoms with Gasteiger partial charge in [-0.15, -0.1) is 0 Å². The van der Waals surface area contributed by atoms with Crippen LogP contribution in [0.1, 0.15) is 35.9 Å². The Kier molecular flexibility index (Phi) is 5.19. The molecule has 156 valence electrons. The van der Waals surface area contributed by atoms with Crippen molar-refractivity contribution in [1.82, 2.24) is 15.0 Å². The van der Waals surface area contributed by atoms with Gasteiger partial charge in [0.1, 0.15) is 6.04 Å². The smallest absolute Gasteiger partial charge is 0.337 e. The van der Waals surface area contributed by atoms with Gasteiger partial charge in [0.05, 0.1) is 5.56 Å². The number of anilines is 1. The molecular formula is C21H19F3N4O2. The number of halogens is 3. The van der Waals surface area contributed by atoms with Gasteiger partial charge in [-0.2, -0.15) is 18.2 Å². The predicted molar refractivity (Wildman–Crippen MR) is 104 cm³/mol. The Balaban J connectivity index is 1.50. The van der Waals surface area contributed by atoms with E-state index in [1.165, 1.54) is 17.0 Å². The number of amides is 2. The standard InChI is InChI=1S/C21H19F3N4O2/c1-13-7-9-14(10-8-13)18-26-19(30-27-18)17-6-3-11-28(17)20(29)25-16-5-2-4-15(12-16)21(22,23)24/h2,4-5,7-10,12,17H,3,6,11H2,1H3,(H,25,29)/t17-/m0/s1. The van der Waals surface area contributed by atoms with E-state index in [0.29, 0.717) is 24.7 Å². The van der Waals surface area contributed by atoms with Crippen molar-refractivity contribution in [2.75, 3.05) is 11.9 Å². The van der Waals surface area contributed by atoms with Crippen LogP contribution in [0.15, 0.2) is 53.1 Å². The highest BCUT2D eigenvalue weighted by Gasteiger charge is 2.35. The normalized spacial score (nSPS) is 16.7. The minimum atomic E-state index is -4.48. The van der Waals surface area contributed by atoms with Crippen molar-refractivity contribution in [2.45, 2.75) is 32.0 Å². The minimum absolute atomic E-state index is 0.0753. The monoisotopic (exact) mass is 416 g/mol. The highest BCUT2D eigenvalue weighted by Crippen LogP contribution is 2.34. The first kappa shape index (κ1) is 19.9. The number of urea groups is 1. The molecule has 1 aromatic heterocycles. The molecule has 1 atom stereocenters. The van der Waals surface area contributed by atoms with Gasteiger partial charge in [-0.05, 0) is 38.0 Å². The van der Waals surface area contributed by atoms with E-state index in [-0.39, 0.29) is 5.69 Å². The molecule has 2 aromatic carbocycles. The number of carbonyl (C=O) groups excluding carboxylic acids is 1. The van der Waals surface area contributed by atoms with Crippen molar-refractivity contribution in [3.8, 4) is 11.4 Å². The van der Waals surface area contributed by atoms with E-state index in [2.05, 4.69) is 15.5 Å². The summed E-state index contributed by atoms with van der Waals surface area (Å²) in [5, 5.41) is 6.55. The first-order chi connectivity index (χ1) is 14.3. The highest BCUT2D eigenvalue weighted by atomic mass is 19.4. The number of alkyl halides is 3. The van der Waals surface area contributed by atoms with Crippen LogP contribution >= 0.6 is 0 Å². The number of rotatable bonds is 3. The predicted octanol–water partition coefficient (Wildman–Crippen LogP) is 5.43. The van der Waals surface area contributed by atoms with Crippen molar-refractivity contribution in [3.63, 3.8) is 0 Å². The molecule has 6 nitrogen and oxygen atoms in total. The number of aryl methyl sites for hydroxylation is 1. The summed E-state index contributed by atoms with van der Waals surface area (Å²) in [6, 6.07) is 11.3. The summed E-state index contributed by atoms with van der Waals surface area (Å²) in [7, 11) is 0. The molecule has 3 aromatic rings. The van der Waals surface area contributed by atoms with Gasteiger partial charge in [0.2, 0.25) is 11.7 Å². The van der Waals surface area contributed by atoms with Gasteiger partial charge in [0, 0.05) is 17.8 Å². The number of nitrogens with zero attached hydrogens (tertiary/aromatic N) is 3. The molecule has 1 fully saturated rings. The zero-order valence-electron chi connectivity index (χ0n) is 16.1. The van der Waals surface area contributed by atoms with Crippen molar-refractivity contribution in [1.29, 1.82) is 0 Å². The number of benzene rings is 2. The molecule has 1 aliphatic heterocycles. The van der Waals surface area contributed by atoms with Gasteiger partial charge < -0.3 is 14.7 Å². The summed E-state index contributed by atoms with van der Waals surface area (Å²) < 4.78 is 44.1. The molecule has 4 rings (SSSR count). The van der Waals surface area contributed by atoms with Crippen LogP contribution in [0.3, 0.4) is 0 Å². The van der Waals surface area contributed by atoms with E-state index in [4.69, 9.17) is 4.52 Å². The van der Waals surface area contributed by atoms with Crippen LogP contribution in [0, 0.1) is 6.92 Å². The van der Waals surface area contributed by atoms with Gasteiger partial charge in [0.25, 0.3) is 0 Å². The van der Waals surface area contributed by atoms with E-state index in [0.717, 1.165) is 29.7 Å². The van der Waals surface area contributed by atoms with Crippen molar-refractivity contribution in [3.05, 3.63) is 65.5 Å². The van der Waals surface area contributed by atoms with E-state index in [1.54, 1.807) is 0 Å². The van der Waals surface area contributed by atoms with Gasteiger partial charge in [-0.1, -0.05) is 41.1 Å². The van der Waals surface area contributed by atoms with Crippen LogP contribution < -0.4 is 5.32 Å². The summed E-state index contributed by atoms with van der Waals surface area (Å²) >= 11 is 0. The molecule has 1 saturated heterocycles. The molecule has 0 unspecified atom stereocenters. The molecule has 1 N–H and O–H groups in total. The first-order valence-corrected chi connectivity index (χ1v) is 9.47. The maximum atomic E-state index is 12.9. The number of hydrogen-bond donors (Lipinski definition) is 1. The van der Waals surface area contributed by atoms with E-state index in [1.807, 2.05) is 31.2 Å². The molecule has 2 amide bonds. The van der Waals surface area contributed by atoms with Crippen molar-refractivity contribution in [2.24, 2.45) is 0 Å². The number of aromatic nitrogens is 2. The van der Waals surface area contributed by atoms with Crippen LogP contribution in [0.25, 0.3) is 11.4 Å². The lowest BCUT2D eigenvalue weighted by Gasteiger charge is -2.22. The second-order valence-corrected chi connectivity index (χ2v) is 7.18. The van der Waals surface area contributed by atoms with E-state index < -0.39 is 23.8 Å². The summed E-state index contributed by atoms with van der Waals surface area (Å²) in [4.78, 5) is 18.7. The quantitative estimate of drug-likeness (QED) is 0.618. The third kappa shape index (κ3) is 4.14. The van der Waals surface area contributed by atoms with E-state index in [9.17, 15) is 18.0 Å². The Morgan fingerprint density at radius 2 is 1.97 bits per heavy atom. The Hall–Kier alpha value is -3.36. The summed E-state index contributed by atoms with van der Waals surface area (Å²) in [6.45, 7) is 2.42. The fourth-order valence-electron chi connectivity index (χ4n) is 3.43. The van der Waals surface area contributed by atoms with Crippen LogP contribution in [-0.4, -0.2) is 27.6 Å². The van der Waals surface area contributed by atoms with Crippen LogP contribution in [-0.2, 0) is 6.18 Å². The fourth-order valence-corrected chi connectivity index (χ4v) is 3.43. The number of likely N-dealkylation sites (tertiary alicyclic amines) is 1. The van der Waals surface area contributed by atoms with Gasteiger partial charge >= 0.3 is 12.2 Å². The topological polar surface area (TPSA) is 71.3 Å². The third-order valence-corrected chi connectivity index (χ3v) is 4.99. The second-order valence-electron chi connectivity index (χ2n) is 7.18. The van der Waals surface area contributed by atoms with Crippen LogP contribution in [0.4, 0.5) is 23.7 Å². The van der Waals surface area contributed by atoms with Crippen LogP contribution in [0.5, 0.6) is 0 Å². The summed E-state index contributed by atoms with van der Waals surface area (Å²) in [5.41, 5.74) is 1.16. The Morgan fingerprint density at radius 3 is 2.70 bits per heavy atom. The lowest BCUT2D eigenvalue weighted by molar-refractivity contribution is -0.137. The highest BCUT2D eigenvalue weighted by molar-refractivity contribution is 5.89. The fraction of sp³-hybridized carbons (Fsp3) is 0.286.